The fraction of sp³-hybridized carbons (Fsp3) is 0.588. The molecular weight excluding hydrogens is 379 g/mol. The third kappa shape index (κ3) is 3.74. The van der Waals surface area contributed by atoms with Crippen LogP contribution >= 0.6 is 0 Å². The van der Waals surface area contributed by atoms with Gasteiger partial charge in [-0.05, 0) is 12.8 Å². The molecule has 2 heterocycles. The summed E-state index contributed by atoms with van der Waals surface area (Å²) in [5, 5.41) is 0. The number of rotatable bonds is 5. The number of ether oxygens (including phenoxy) is 3. The lowest BCUT2D eigenvalue weighted by molar-refractivity contribution is -0.138. The van der Waals surface area contributed by atoms with E-state index in [0.29, 0.717) is 39.1 Å². The van der Waals surface area contributed by atoms with Crippen LogP contribution in [-0.2, 0) is 19.6 Å². The molecule has 0 bridgehead atoms. The normalized spacial score (nSPS) is 21.3. The van der Waals surface area contributed by atoms with E-state index in [9.17, 15) is 17.6 Å². The minimum absolute atomic E-state index is 0.0938. The van der Waals surface area contributed by atoms with Crippen molar-refractivity contribution in [2.24, 2.45) is 0 Å². The zero-order valence-electron chi connectivity index (χ0n) is 15.3. The Labute approximate surface area is 157 Å². The van der Waals surface area contributed by atoms with Crippen molar-refractivity contribution in [3.05, 3.63) is 17.9 Å². The summed E-state index contributed by atoms with van der Waals surface area (Å²) in [5.41, 5.74) is 0. The van der Waals surface area contributed by atoms with Crippen molar-refractivity contribution in [3.63, 3.8) is 0 Å². The molecule has 1 unspecified atom stereocenters. The number of amides is 1. The number of benzene rings is 1. The van der Waals surface area contributed by atoms with E-state index in [1.54, 1.807) is 4.90 Å². The fourth-order valence-electron chi connectivity index (χ4n) is 3.43. The molecule has 1 atom stereocenters. The van der Waals surface area contributed by atoms with Gasteiger partial charge in [0.05, 0.1) is 27.4 Å². The maximum atomic E-state index is 14.5. The first kappa shape index (κ1) is 19.8. The van der Waals surface area contributed by atoms with Crippen molar-refractivity contribution < 1.29 is 31.8 Å². The van der Waals surface area contributed by atoms with Crippen LogP contribution in [0.1, 0.15) is 12.8 Å². The van der Waals surface area contributed by atoms with E-state index < -0.39 is 26.8 Å². The number of halogens is 1. The van der Waals surface area contributed by atoms with Crippen LogP contribution in [0, 0.1) is 5.82 Å². The zero-order chi connectivity index (χ0) is 19.6. The van der Waals surface area contributed by atoms with Gasteiger partial charge in [-0.15, -0.1) is 0 Å². The summed E-state index contributed by atoms with van der Waals surface area (Å²) in [4.78, 5) is 13.9. The van der Waals surface area contributed by atoms with Gasteiger partial charge in [0.25, 0.3) is 0 Å². The minimum Gasteiger partial charge on any atom is -0.493 e. The Bertz CT molecular complexity index is 810. The predicted molar refractivity (Wildman–Crippen MR) is 93.8 cm³/mol. The summed E-state index contributed by atoms with van der Waals surface area (Å²) in [6.45, 7) is 1.86. The predicted octanol–water partition coefficient (Wildman–Crippen LogP) is 0.855. The van der Waals surface area contributed by atoms with Gasteiger partial charge in [-0.2, -0.15) is 4.31 Å². The average molecular weight is 402 g/mol. The first-order valence-electron chi connectivity index (χ1n) is 8.70. The van der Waals surface area contributed by atoms with Crippen LogP contribution in [0.5, 0.6) is 11.5 Å². The Hall–Kier alpha value is -1.91. The van der Waals surface area contributed by atoms with Crippen molar-refractivity contribution >= 4 is 15.9 Å². The van der Waals surface area contributed by atoms with Gasteiger partial charge in [0, 0.05) is 31.8 Å². The SMILES string of the molecule is COc1cc(F)c(S(=O)(=O)N2CCCC2C(=O)N2CCOCC2)cc1OC. The van der Waals surface area contributed by atoms with E-state index in [0.717, 1.165) is 16.4 Å². The Morgan fingerprint density at radius 1 is 1.15 bits per heavy atom. The molecule has 0 N–H and O–H groups in total. The van der Waals surface area contributed by atoms with Crippen LogP contribution in [0.4, 0.5) is 4.39 Å². The van der Waals surface area contributed by atoms with Crippen molar-refractivity contribution in [3.8, 4) is 11.5 Å². The minimum atomic E-state index is -4.22. The molecule has 27 heavy (non-hydrogen) atoms. The number of methoxy groups -OCH3 is 2. The molecule has 1 amide bonds. The molecule has 0 saturated carbocycles. The summed E-state index contributed by atoms with van der Waals surface area (Å²) >= 11 is 0. The fourth-order valence-corrected chi connectivity index (χ4v) is 5.14. The smallest absolute Gasteiger partial charge is 0.246 e. The highest BCUT2D eigenvalue weighted by molar-refractivity contribution is 7.89. The molecule has 3 rings (SSSR count). The highest BCUT2D eigenvalue weighted by atomic mass is 32.2. The monoisotopic (exact) mass is 402 g/mol. The van der Waals surface area contributed by atoms with Gasteiger partial charge in [0.15, 0.2) is 11.5 Å². The summed E-state index contributed by atoms with van der Waals surface area (Å²) in [6.07, 6.45) is 0.944. The van der Waals surface area contributed by atoms with Gasteiger partial charge in [0.1, 0.15) is 16.8 Å². The number of morpholine rings is 1. The molecule has 0 spiro atoms. The average Bonchev–Trinajstić information content (AvgIpc) is 3.18. The third-order valence-electron chi connectivity index (χ3n) is 4.84. The van der Waals surface area contributed by atoms with Gasteiger partial charge >= 0.3 is 0 Å². The number of hydrogen-bond donors (Lipinski definition) is 0. The number of nitrogens with zero attached hydrogens (tertiary/aromatic N) is 2. The summed E-state index contributed by atoms with van der Waals surface area (Å²) in [6, 6.07) is 1.24. The molecule has 0 aromatic heterocycles. The van der Waals surface area contributed by atoms with Gasteiger partial charge in [-0.3, -0.25) is 4.79 Å². The van der Waals surface area contributed by atoms with E-state index in [-0.39, 0.29) is 24.0 Å². The molecule has 1 aromatic rings. The van der Waals surface area contributed by atoms with Crippen molar-refractivity contribution in [2.75, 3.05) is 47.1 Å². The van der Waals surface area contributed by atoms with Crippen molar-refractivity contribution in [1.29, 1.82) is 0 Å². The zero-order valence-corrected chi connectivity index (χ0v) is 16.1. The van der Waals surface area contributed by atoms with Crippen LogP contribution in [0.25, 0.3) is 0 Å². The van der Waals surface area contributed by atoms with Crippen LogP contribution in [0.3, 0.4) is 0 Å². The topological polar surface area (TPSA) is 85.4 Å². The highest BCUT2D eigenvalue weighted by Gasteiger charge is 2.42. The second kappa shape index (κ2) is 7.99. The third-order valence-corrected chi connectivity index (χ3v) is 6.76. The Balaban J connectivity index is 1.92. The van der Waals surface area contributed by atoms with Gasteiger partial charge in [0.2, 0.25) is 15.9 Å². The molecular formula is C17H23FN2O6S. The van der Waals surface area contributed by atoms with E-state index in [4.69, 9.17) is 14.2 Å². The summed E-state index contributed by atoms with van der Waals surface area (Å²) in [5.74, 6) is -1.01. The molecule has 2 saturated heterocycles. The molecule has 150 valence electrons. The van der Waals surface area contributed by atoms with Crippen LogP contribution < -0.4 is 9.47 Å². The first-order chi connectivity index (χ1) is 12.9. The first-order valence-corrected chi connectivity index (χ1v) is 10.1. The second-order valence-corrected chi connectivity index (χ2v) is 8.21. The van der Waals surface area contributed by atoms with Crippen molar-refractivity contribution in [1.82, 2.24) is 9.21 Å². The van der Waals surface area contributed by atoms with E-state index in [1.165, 1.54) is 14.2 Å². The summed E-state index contributed by atoms with van der Waals surface area (Å²) in [7, 11) is -1.54. The molecule has 1 aromatic carbocycles. The largest absolute Gasteiger partial charge is 0.493 e. The lowest BCUT2D eigenvalue weighted by atomic mass is 10.2. The van der Waals surface area contributed by atoms with Gasteiger partial charge < -0.3 is 19.1 Å². The number of sulfonamides is 1. The van der Waals surface area contributed by atoms with Crippen LogP contribution in [0.2, 0.25) is 0 Å². The van der Waals surface area contributed by atoms with Gasteiger partial charge in [-0.25, -0.2) is 12.8 Å². The molecule has 8 nitrogen and oxygen atoms in total. The quantitative estimate of drug-likeness (QED) is 0.726. The Morgan fingerprint density at radius 3 is 2.41 bits per heavy atom. The lowest BCUT2D eigenvalue weighted by Gasteiger charge is -2.32. The van der Waals surface area contributed by atoms with E-state index in [2.05, 4.69) is 0 Å². The standard InChI is InChI=1S/C17H23FN2O6S/c1-24-14-10-12(18)16(11-15(14)25-2)27(22,23)20-5-3-4-13(20)17(21)19-6-8-26-9-7-19/h10-11,13H,3-9H2,1-2H3. The van der Waals surface area contributed by atoms with Crippen molar-refractivity contribution in [2.45, 2.75) is 23.8 Å². The molecule has 2 fully saturated rings. The number of carbonyl (C=O) groups is 1. The maximum Gasteiger partial charge on any atom is 0.246 e. The summed E-state index contributed by atoms with van der Waals surface area (Å²) < 4.78 is 57.2. The molecule has 0 radical (unpaired) electrons. The Kier molecular flexibility index (Phi) is 5.87. The Morgan fingerprint density at radius 2 is 1.78 bits per heavy atom. The second-order valence-electron chi connectivity index (χ2n) is 6.35. The van der Waals surface area contributed by atoms with Gasteiger partial charge in [-0.1, -0.05) is 0 Å². The van der Waals surface area contributed by atoms with Crippen LogP contribution in [0.15, 0.2) is 17.0 Å². The molecule has 2 aliphatic rings. The van der Waals surface area contributed by atoms with Crippen LogP contribution in [-0.4, -0.2) is 76.6 Å². The maximum absolute atomic E-state index is 14.5. The van der Waals surface area contributed by atoms with E-state index >= 15 is 0 Å². The lowest BCUT2D eigenvalue weighted by Crippen LogP contribution is -2.51. The number of carbonyl (C=O) groups excluding carboxylic acids is 1. The molecule has 0 aliphatic carbocycles. The molecule has 10 heteroatoms. The highest BCUT2D eigenvalue weighted by Crippen LogP contribution is 2.35. The molecule has 2 aliphatic heterocycles. The van der Waals surface area contributed by atoms with E-state index in [1.807, 2.05) is 0 Å². The number of hydrogen-bond acceptors (Lipinski definition) is 6.